The molecule has 0 spiro atoms. The third kappa shape index (κ3) is 3.26. The number of carbonyl (C=O) groups excluding carboxylic acids is 1. The van der Waals surface area contributed by atoms with Crippen LogP contribution in [0.3, 0.4) is 0 Å². The highest BCUT2D eigenvalue weighted by molar-refractivity contribution is 5.93. The van der Waals surface area contributed by atoms with Crippen molar-refractivity contribution >= 4 is 5.91 Å². The topological polar surface area (TPSA) is 45.7 Å². The van der Waals surface area contributed by atoms with Gasteiger partial charge in [-0.05, 0) is 44.7 Å². The number of hydrogen-bond donors (Lipinski definition) is 0. The maximum Gasteiger partial charge on any atom is 0.255 e. The van der Waals surface area contributed by atoms with Gasteiger partial charge >= 0.3 is 0 Å². The number of rotatable bonds is 4. The lowest BCUT2D eigenvalue weighted by atomic mass is 9.79. The van der Waals surface area contributed by atoms with Gasteiger partial charge in [0.15, 0.2) is 0 Å². The van der Waals surface area contributed by atoms with Crippen LogP contribution in [0.15, 0.2) is 24.5 Å². The van der Waals surface area contributed by atoms with Crippen molar-refractivity contribution in [2.24, 2.45) is 5.92 Å². The van der Waals surface area contributed by atoms with Crippen molar-refractivity contribution in [3.8, 4) is 0 Å². The molecule has 0 radical (unpaired) electrons. The number of pyridine rings is 1. The largest absolute Gasteiger partial charge is 0.378 e. The molecule has 5 nitrogen and oxygen atoms in total. The van der Waals surface area contributed by atoms with Crippen LogP contribution in [0.4, 0.5) is 0 Å². The Hall–Kier alpha value is -1.46. The van der Waals surface area contributed by atoms with Crippen LogP contribution in [-0.4, -0.2) is 65.6 Å². The molecule has 126 valence electrons. The van der Waals surface area contributed by atoms with Crippen LogP contribution in [0.2, 0.25) is 0 Å². The van der Waals surface area contributed by atoms with Crippen molar-refractivity contribution in [3.05, 3.63) is 30.1 Å². The fraction of sp³-hybridized carbons (Fsp3) is 0.667. The molecule has 3 heterocycles. The predicted octanol–water partition coefficient (Wildman–Crippen LogP) is 2.04. The monoisotopic (exact) mass is 317 g/mol. The molecule has 0 aliphatic carbocycles. The van der Waals surface area contributed by atoms with Crippen molar-refractivity contribution in [2.45, 2.75) is 44.9 Å². The Bertz CT molecular complexity index is 526. The Kier molecular flexibility index (Phi) is 4.97. The quantitative estimate of drug-likeness (QED) is 0.852. The summed E-state index contributed by atoms with van der Waals surface area (Å²) >= 11 is 0. The highest BCUT2D eigenvalue weighted by Crippen LogP contribution is 2.35. The van der Waals surface area contributed by atoms with Gasteiger partial charge in [-0.15, -0.1) is 0 Å². The van der Waals surface area contributed by atoms with Gasteiger partial charge in [-0.3, -0.25) is 14.7 Å². The molecule has 23 heavy (non-hydrogen) atoms. The van der Waals surface area contributed by atoms with Gasteiger partial charge in [0, 0.05) is 51.2 Å². The van der Waals surface area contributed by atoms with E-state index in [-0.39, 0.29) is 5.91 Å². The van der Waals surface area contributed by atoms with Gasteiger partial charge in [0.2, 0.25) is 0 Å². The fourth-order valence-corrected chi connectivity index (χ4v) is 3.97. The Balaban J connectivity index is 1.59. The average Bonchev–Trinajstić information content (AvgIpc) is 2.55. The first kappa shape index (κ1) is 16.4. The SMILES string of the molecule is COC1CN(C(C)C)C1C1CCN(C(=O)c2cccnc2)CC1. The first-order valence-electron chi connectivity index (χ1n) is 8.59. The van der Waals surface area contributed by atoms with E-state index < -0.39 is 0 Å². The van der Waals surface area contributed by atoms with Crippen molar-refractivity contribution in [3.63, 3.8) is 0 Å². The zero-order chi connectivity index (χ0) is 16.4. The summed E-state index contributed by atoms with van der Waals surface area (Å²) in [5.41, 5.74) is 0.688. The number of ether oxygens (including phenoxy) is 1. The summed E-state index contributed by atoms with van der Waals surface area (Å²) in [7, 11) is 1.82. The van der Waals surface area contributed by atoms with Gasteiger partial charge in [0.1, 0.15) is 0 Å². The van der Waals surface area contributed by atoms with Gasteiger partial charge < -0.3 is 9.64 Å². The second-order valence-corrected chi connectivity index (χ2v) is 6.93. The Labute approximate surface area is 138 Å². The minimum Gasteiger partial charge on any atom is -0.378 e. The van der Waals surface area contributed by atoms with Crippen LogP contribution in [0, 0.1) is 5.92 Å². The molecular formula is C18H27N3O2. The van der Waals surface area contributed by atoms with Crippen LogP contribution >= 0.6 is 0 Å². The standard InChI is InChI=1S/C18H27N3O2/c1-13(2)21-12-16(23-3)17(21)14-6-9-20(10-7-14)18(22)15-5-4-8-19-11-15/h4-5,8,11,13-14,16-17H,6-7,9-10,12H2,1-3H3. The van der Waals surface area contributed by atoms with Crippen LogP contribution < -0.4 is 0 Å². The Morgan fingerprint density at radius 1 is 1.35 bits per heavy atom. The van der Waals surface area contributed by atoms with Crippen molar-refractivity contribution in [1.29, 1.82) is 0 Å². The van der Waals surface area contributed by atoms with Gasteiger partial charge in [0.25, 0.3) is 5.91 Å². The normalized spacial score (nSPS) is 26.3. The van der Waals surface area contributed by atoms with Crippen molar-refractivity contribution in [2.75, 3.05) is 26.7 Å². The molecule has 1 amide bonds. The van der Waals surface area contributed by atoms with Crippen LogP contribution in [-0.2, 0) is 4.74 Å². The number of amides is 1. The van der Waals surface area contributed by atoms with Crippen molar-refractivity contribution in [1.82, 2.24) is 14.8 Å². The first-order valence-corrected chi connectivity index (χ1v) is 8.59. The van der Waals surface area contributed by atoms with E-state index in [4.69, 9.17) is 4.74 Å². The summed E-state index contributed by atoms with van der Waals surface area (Å²) in [5, 5.41) is 0. The molecule has 2 atom stereocenters. The number of nitrogens with zero attached hydrogens (tertiary/aromatic N) is 3. The lowest BCUT2D eigenvalue weighted by Gasteiger charge is -2.54. The van der Waals surface area contributed by atoms with E-state index >= 15 is 0 Å². The minimum atomic E-state index is 0.106. The summed E-state index contributed by atoms with van der Waals surface area (Å²) in [6.07, 6.45) is 5.81. The number of hydrogen-bond acceptors (Lipinski definition) is 4. The molecule has 2 aliphatic rings. The Morgan fingerprint density at radius 2 is 2.09 bits per heavy atom. The molecule has 2 fully saturated rings. The zero-order valence-electron chi connectivity index (χ0n) is 14.3. The number of aromatic nitrogens is 1. The molecule has 2 saturated heterocycles. The van der Waals surface area contributed by atoms with Crippen LogP contribution in [0.5, 0.6) is 0 Å². The van der Waals surface area contributed by atoms with Crippen molar-refractivity contribution < 1.29 is 9.53 Å². The second kappa shape index (κ2) is 6.97. The van der Waals surface area contributed by atoms with Gasteiger partial charge in [-0.25, -0.2) is 0 Å². The third-order valence-corrected chi connectivity index (χ3v) is 5.34. The molecule has 2 aliphatic heterocycles. The number of carbonyl (C=O) groups is 1. The molecule has 1 aromatic heterocycles. The molecule has 3 rings (SSSR count). The second-order valence-electron chi connectivity index (χ2n) is 6.93. The molecule has 0 aromatic carbocycles. The molecule has 1 aromatic rings. The Morgan fingerprint density at radius 3 is 2.65 bits per heavy atom. The zero-order valence-corrected chi connectivity index (χ0v) is 14.3. The van der Waals surface area contributed by atoms with E-state index in [1.54, 1.807) is 12.4 Å². The lowest BCUT2D eigenvalue weighted by molar-refractivity contribution is -0.128. The molecule has 5 heteroatoms. The minimum absolute atomic E-state index is 0.106. The average molecular weight is 317 g/mol. The molecular weight excluding hydrogens is 290 g/mol. The molecule has 0 N–H and O–H groups in total. The van der Waals surface area contributed by atoms with Gasteiger partial charge in [0.05, 0.1) is 11.7 Å². The van der Waals surface area contributed by atoms with E-state index in [1.165, 1.54) is 0 Å². The molecule has 2 unspecified atom stereocenters. The van der Waals surface area contributed by atoms with E-state index in [9.17, 15) is 4.79 Å². The van der Waals surface area contributed by atoms with E-state index in [0.717, 1.165) is 32.5 Å². The highest BCUT2D eigenvalue weighted by Gasteiger charge is 2.45. The van der Waals surface area contributed by atoms with E-state index in [0.29, 0.717) is 29.7 Å². The van der Waals surface area contributed by atoms with Crippen LogP contribution in [0.1, 0.15) is 37.0 Å². The number of piperidine rings is 1. The maximum absolute atomic E-state index is 12.5. The highest BCUT2D eigenvalue weighted by atomic mass is 16.5. The smallest absolute Gasteiger partial charge is 0.255 e. The summed E-state index contributed by atoms with van der Waals surface area (Å²) in [4.78, 5) is 21.1. The lowest BCUT2D eigenvalue weighted by Crippen LogP contribution is -2.66. The third-order valence-electron chi connectivity index (χ3n) is 5.34. The molecule has 0 bridgehead atoms. The summed E-state index contributed by atoms with van der Waals surface area (Å²) in [6.45, 7) is 7.20. The van der Waals surface area contributed by atoms with Gasteiger partial charge in [-0.2, -0.15) is 0 Å². The van der Waals surface area contributed by atoms with Gasteiger partial charge in [-0.1, -0.05) is 0 Å². The molecule has 0 saturated carbocycles. The van der Waals surface area contributed by atoms with E-state index in [2.05, 4.69) is 23.7 Å². The van der Waals surface area contributed by atoms with Crippen LogP contribution in [0.25, 0.3) is 0 Å². The van der Waals surface area contributed by atoms with E-state index in [1.807, 2.05) is 24.1 Å². The maximum atomic E-state index is 12.5. The number of methoxy groups -OCH3 is 1. The number of likely N-dealkylation sites (tertiary alicyclic amines) is 2. The predicted molar refractivity (Wildman–Crippen MR) is 89.3 cm³/mol. The summed E-state index contributed by atoms with van der Waals surface area (Å²) in [5.74, 6) is 0.725. The fourth-order valence-electron chi connectivity index (χ4n) is 3.97. The summed E-state index contributed by atoms with van der Waals surface area (Å²) < 4.78 is 5.65. The first-order chi connectivity index (χ1) is 11.1. The summed E-state index contributed by atoms with van der Waals surface area (Å²) in [6, 6.07) is 4.73.